The molecule has 1 aliphatic rings. The number of hydrogen-bond acceptors (Lipinski definition) is 4. The highest BCUT2D eigenvalue weighted by atomic mass is 16.5. The minimum Gasteiger partial charge on any atom is -0.497 e. The van der Waals surface area contributed by atoms with Gasteiger partial charge in [0.05, 0.1) is 7.11 Å². The van der Waals surface area contributed by atoms with Crippen LogP contribution in [0.5, 0.6) is 11.5 Å². The minimum atomic E-state index is -0.676. The average Bonchev–Trinajstić information content (AvgIpc) is 2.60. The number of nitrogens with two attached hydrogens (primary N) is 1. The molecule has 0 aromatic heterocycles. The van der Waals surface area contributed by atoms with Crippen LogP contribution in [0, 0.1) is 5.92 Å². The van der Waals surface area contributed by atoms with E-state index in [2.05, 4.69) is 5.32 Å². The molecule has 1 atom stereocenters. The number of methoxy groups -OCH3 is 1. The van der Waals surface area contributed by atoms with Gasteiger partial charge in [-0.2, -0.15) is 0 Å². The largest absolute Gasteiger partial charge is 0.497 e. The summed E-state index contributed by atoms with van der Waals surface area (Å²) in [6.07, 6.45) is 1.57. The molecule has 0 radical (unpaired) electrons. The topological polar surface area (TPSA) is 93.9 Å². The fraction of sp³-hybridized carbons (Fsp3) is 0.556. The van der Waals surface area contributed by atoms with Gasteiger partial charge < -0.3 is 25.4 Å². The zero-order valence-corrected chi connectivity index (χ0v) is 15.0. The molecule has 138 valence electrons. The Balaban J connectivity index is 1.87. The van der Waals surface area contributed by atoms with Crippen molar-refractivity contribution in [1.29, 1.82) is 0 Å². The summed E-state index contributed by atoms with van der Waals surface area (Å²) in [5.74, 6) is 1.47. The molecule has 0 bridgehead atoms. The lowest BCUT2D eigenvalue weighted by atomic mass is 10.0. The van der Waals surface area contributed by atoms with Crippen LogP contribution in [0.1, 0.15) is 26.7 Å². The van der Waals surface area contributed by atoms with Crippen molar-refractivity contribution in [3.63, 3.8) is 0 Å². The number of primary amides is 1. The van der Waals surface area contributed by atoms with E-state index in [0.717, 1.165) is 24.3 Å². The normalized spacial score (nSPS) is 16.4. The standard InChI is InChI=1S/C18H27N3O4/c1-12(2)16(20-18(19)23)17(22)21-10-8-15(9-11-21)25-14-6-4-13(24-3)5-7-14/h4-7,12,15-16H,8-11H2,1-3H3,(H3,19,20,23)/t16-/m0/s1. The molecule has 0 spiro atoms. The Morgan fingerprint density at radius 1 is 1.16 bits per heavy atom. The van der Waals surface area contributed by atoms with Gasteiger partial charge in [-0.25, -0.2) is 4.79 Å². The number of piperidine rings is 1. The number of hydrogen-bond donors (Lipinski definition) is 2. The van der Waals surface area contributed by atoms with E-state index >= 15 is 0 Å². The SMILES string of the molecule is COc1ccc(OC2CCN(C(=O)[C@@H](NC(N)=O)C(C)C)CC2)cc1. The molecule has 7 heteroatoms. The highest BCUT2D eigenvalue weighted by Crippen LogP contribution is 2.22. The third-order valence-corrected chi connectivity index (χ3v) is 4.35. The Morgan fingerprint density at radius 2 is 1.72 bits per heavy atom. The number of amides is 3. The lowest BCUT2D eigenvalue weighted by Gasteiger charge is -2.35. The predicted octanol–water partition coefficient (Wildman–Crippen LogP) is 1.76. The molecule has 0 unspecified atom stereocenters. The maximum atomic E-state index is 12.6. The fourth-order valence-electron chi connectivity index (χ4n) is 2.90. The van der Waals surface area contributed by atoms with Crippen molar-refractivity contribution in [2.75, 3.05) is 20.2 Å². The Hall–Kier alpha value is -2.44. The van der Waals surface area contributed by atoms with Gasteiger partial charge in [0.2, 0.25) is 5.91 Å². The molecule has 1 aliphatic heterocycles. The lowest BCUT2D eigenvalue weighted by molar-refractivity contribution is -0.136. The van der Waals surface area contributed by atoms with Gasteiger partial charge in [0.15, 0.2) is 0 Å². The van der Waals surface area contributed by atoms with Gasteiger partial charge in [-0.1, -0.05) is 13.8 Å². The molecule has 3 amide bonds. The van der Waals surface area contributed by atoms with Crippen LogP contribution in [-0.4, -0.2) is 49.2 Å². The molecule has 1 aromatic rings. The van der Waals surface area contributed by atoms with E-state index in [1.54, 1.807) is 12.0 Å². The Labute approximate surface area is 148 Å². The molecule has 1 fully saturated rings. The van der Waals surface area contributed by atoms with E-state index in [1.165, 1.54) is 0 Å². The van der Waals surface area contributed by atoms with Crippen LogP contribution in [0.4, 0.5) is 4.79 Å². The molecular weight excluding hydrogens is 322 g/mol. The fourth-order valence-corrected chi connectivity index (χ4v) is 2.90. The van der Waals surface area contributed by atoms with Gasteiger partial charge in [-0.3, -0.25) is 4.79 Å². The Morgan fingerprint density at radius 3 is 2.20 bits per heavy atom. The number of nitrogens with zero attached hydrogens (tertiary/aromatic N) is 1. The Kier molecular flexibility index (Phi) is 6.50. The third kappa shape index (κ3) is 5.27. The van der Waals surface area contributed by atoms with E-state index < -0.39 is 12.1 Å². The lowest BCUT2D eigenvalue weighted by Crippen LogP contribution is -2.54. The van der Waals surface area contributed by atoms with E-state index in [4.69, 9.17) is 15.2 Å². The summed E-state index contributed by atoms with van der Waals surface area (Å²) in [6.45, 7) is 4.97. The molecular formula is C18H27N3O4. The van der Waals surface area contributed by atoms with E-state index in [1.807, 2.05) is 38.1 Å². The van der Waals surface area contributed by atoms with Crippen molar-refractivity contribution in [1.82, 2.24) is 10.2 Å². The number of nitrogens with one attached hydrogen (secondary N) is 1. The Bertz CT molecular complexity index is 580. The van der Waals surface area contributed by atoms with Crippen LogP contribution < -0.4 is 20.5 Å². The third-order valence-electron chi connectivity index (χ3n) is 4.35. The summed E-state index contributed by atoms with van der Waals surface area (Å²) >= 11 is 0. The van der Waals surface area contributed by atoms with Gasteiger partial charge in [-0.15, -0.1) is 0 Å². The molecule has 25 heavy (non-hydrogen) atoms. The van der Waals surface area contributed by atoms with Gasteiger partial charge in [0.1, 0.15) is 23.6 Å². The first-order valence-corrected chi connectivity index (χ1v) is 8.56. The molecule has 7 nitrogen and oxygen atoms in total. The molecule has 0 aliphatic carbocycles. The van der Waals surface area contributed by atoms with Crippen molar-refractivity contribution in [3.8, 4) is 11.5 Å². The monoisotopic (exact) mass is 349 g/mol. The molecule has 2 rings (SSSR count). The summed E-state index contributed by atoms with van der Waals surface area (Å²) in [5, 5.41) is 2.54. The number of benzene rings is 1. The average molecular weight is 349 g/mol. The quantitative estimate of drug-likeness (QED) is 0.818. The predicted molar refractivity (Wildman–Crippen MR) is 94.6 cm³/mol. The summed E-state index contributed by atoms with van der Waals surface area (Å²) in [5.41, 5.74) is 5.18. The van der Waals surface area contributed by atoms with Crippen LogP contribution in [0.3, 0.4) is 0 Å². The molecule has 1 aromatic carbocycles. The van der Waals surface area contributed by atoms with Crippen LogP contribution in [0.25, 0.3) is 0 Å². The first-order chi connectivity index (χ1) is 11.9. The van der Waals surface area contributed by atoms with Crippen LogP contribution in [0.2, 0.25) is 0 Å². The second-order valence-electron chi connectivity index (χ2n) is 6.55. The molecule has 1 heterocycles. The van der Waals surface area contributed by atoms with Crippen molar-refractivity contribution in [2.45, 2.75) is 38.8 Å². The molecule has 1 saturated heterocycles. The molecule has 0 saturated carbocycles. The molecule has 3 N–H and O–H groups in total. The van der Waals surface area contributed by atoms with Crippen molar-refractivity contribution < 1.29 is 19.1 Å². The first-order valence-electron chi connectivity index (χ1n) is 8.56. The van der Waals surface area contributed by atoms with Crippen LogP contribution in [-0.2, 0) is 4.79 Å². The smallest absolute Gasteiger partial charge is 0.312 e. The van der Waals surface area contributed by atoms with Gasteiger partial charge >= 0.3 is 6.03 Å². The zero-order valence-electron chi connectivity index (χ0n) is 15.0. The van der Waals surface area contributed by atoms with Crippen molar-refractivity contribution in [2.24, 2.45) is 11.7 Å². The summed E-state index contributed by atoms with van der Waals surface area (Å²) in [7, 11) is 1.63. The maximum absolute atomic E-state index is 12.6. The van der Waals surface area contributed by atoms with Crippen LogP contribution >= 0.6 is 0 Å². The maximum Gasteiger partial charge on any atom is 0.312 e. The number of rotatable bonds is 6. The van der Waals surface area contributed by atoms with E-state index in [0.29, 0.717) is 13.1 Å². The van der Waals surface area contributed by atoms with Crippen molar-refractivity contribution >= 4 is 11.9 Å². The highest BCUT2D eigenvalue weighted by molar-refractivity contribution is 5.86. The number of urea groups is 1. The van der Waals surface area contributed by atoms with Gasteiger partial charge in [0, 0.05) is 25.9 Å². The second-order valence-corrected chi connectivity index (χ2v) is 6.55. The number of carbonyl (C=O) groups is 2. The number of likely N-dealkylation sites (tertiary alicyclic amines) is 1. The van der Waals surface area contributed by atoms with Gasteiger partial charge in [0.25, 0.3) is 0 Å². The summed E-state index contributed by atoms with van der Waals surface area (Å²) in [4.78, 5) is 25.5. The number of carbonyl (C=O) groups excluding carboxylic acids is 2. The minimum absolute atomic E-state index is 0.0201. The summed E-state index contributed by atoms with van der Waals surface area (Å²) in [6, 6.07) is 6.21. The first kappa shape index (κ1) is 18.9. The van der Waals surface area contributed by atoms with Gasteiger partial charge in [-0.05, 0) is 30.2 Å². The van der Waals surface area contributed by atoms with Crippen molar-refractivity contribution in [3.05, 3.63) is 24.3 Å². The highest BCUT2D eigenvalue weighted by Gasteiger charge is 2.31. The summed E-state index contributed by atoms with van der Waals surface area (Å²) < 4.78 is 11.1. The number of ether oxygens (including phenoxy) is 2. The zero-order chi connectivity index (χ0) is 18.4. The van der Waals surface area contributed by atoms with Crippen LogP contribution in [0.15, 0.2) is 24.3 Å². The second kappa shape index (κ2) is 8.60. The van der Waals surface area contributed by atoms with E-state index in [-0.39, 0.29) is 17.9 Å². The van der Waals surface area contributed by atoms with E-state index in [9.17, 15) is 9.59 Å².